The van der Waals surface area contributed by atoms with Crippen LogP contribution in [0.4, 0.5) is 0 Å². The van der Waals surface area contributed by atoms with E-state index in [1.54, 1.807) is 30.3 Å². The van der Waals surface area contributed by atoms with E-state index < -0.39 is 5.54 Å². The molecule has 1 unspecified atom stereocenters. The van der Waals surface area contributed by atoms with Crippen LogP contribution in [0.2, 0.25) is 0 Å². The molecule has 1 N–H and O–H groups in total. The van der Waals surface area contributed by atoms with Crippen molar-refractivity contribution >= 4 is 5.91 Å². The van der Waals surface area contributed by atoms with Gasteiger partial charge in [0.2, 0.25) is 5.91 Å². The largest absolute Gasteiger partial charge is 0.357 e. The lowest BCUT2D eigenvalue weighted by atomic mass is 9.90. The van der Waals surface area contributed by atoms with E-state index >= 15 is 0 Å². The Labute approximate surface area is 129 Å². The van der Waals surface area contributed by atoms with Gasteiger partial charge >= 0.3 is 0 Å². The summed E-state index contributed by atoms with van der Waals surface area (Å²) in [5.74, 6) is -0.0330. The molecule has 1 aliphatic heterocycles. The predicted octanol–water partition coefficient (Wildman–Crippen LogP) is 0.447. The highest BCUT2D eigenvalue weighted by atomic mass is 16.2. The lowest BCUT2D eigenvalue weighted by molar-refractivity contribution is -0.132. The molecule has 22 heavy (non-hydrogen) atoms. The first-order valence-electron chi connectivity index (χ1n) is 7.38. The van der Waals surface area contributed by atoms with Crippen molar-refractivity contribution in [3.05, 3.63) is 42.2 Å². The summed E-state index contributed by atoms with van der Waals surface area (Å²) >= 11 is 0. The molecule has 1 amide bonds. The first kappa shape index (κ1) is 14.6. The Morgan fingerprint density at radius 1 is 1.41 bits per heavy atom. The van der Waals surface area contributed by atoms with Gasteiger partial charge in [0.05, 0.1) is 18.1 Å². The third kappa shape index (κ3) is 2.37. The van der Waals surface area contributed by atoms with Crippen LogP contribution in [0, 0.1) is 0 Å². The van der Waals surface area contributed by atoms with E-state index in [2.05, 4.69) is 25.3 Å². The monoisotopic (exact) mass is 300 g/mol. The standard InChI is InChI=1S/C15H20N6O/c1-16-14(22)15(13-9-17-5-6-18-13)4-3-7-21(15)11-12-8-19-20(2)10-12/h5-6,8-10H,3-4,7,11H2,1-2H3,(H,16,22). The van der Waals surface area contributed by atoms with Crippen molar-refractivity contribution in [1.29, 1.82) is 0 Å². The normalized spacial score (nSPS) is 21.9. The van der Waals surface area contributed by atoms with Crippen molar-refractivity contribution in [2.75, 3.05) is 13.6 Å². The molecule has 0 aromatic carbocycles. The summed E-state index contributed by atoms with van der Waals surface area (Å²) in [7, 11) is 3.56. The number of amides is 1. The van der Waals surface area contributed by atoms with Crippen LogP contribution in [0.3, 0.4) is 0 Å². The van der Waals surface area contributed by atoms with Gasteiger partial charge in [-0.3, -0.25) is 24.3 Å². The van der Waals surface area contributed by atoms with Crippen LogP contribution in [0.25, 0.3) is 0 Å². The van der Waals surface area contributed by atoms with Crippen molar-refractivity contribution in [1.82, 2.24) is 30.0 Å². The highest BCUT2D eigenvalue weighted by Crippen LogP contribution is 2.38. The number of likely N-dealkylation sites (N-methyl/N-ethyl adjacent to an activating group) is 1. The van der Waals surface area contributed by atoms with Gasteiger partial charge in [-0.05, 0) is 19.4 Å². The van der Waals surface area contributed by atoms with E-state index in [9.17, 15) is 4.79 Å². The van der Waals surface area contributed by atoms with E-state index in [4.69, 9.17) is 0 Å². The van der Waals surface area contributed by atoms with E-state index in [0.717, 1.165) is 24.9 Å². The minimum atomic E-state index is -0.751. The lowest BCUT2D eigenvalue weighted by Crippen LogP contribution is -2.52. The van der Waals surface area contributed by atoms with E-state index in [1.165, 1.54) is 0 Å². The lowest BCUT2D eigenvalue weighted by Gasteiger charge is -2.35. The number of carbonyl (C=O) groups excluding carboxylic acids is 1. The predicted molar refractivity (Wildman–Crippen MR) is 80.6 cm³/mol. The van der Waals surface area contributed by atoms with E-state index in [0.29, 0.717) is 12.2 Å². The number of likely N-dealkylation sites (tertiary alicyclic amines) is 1. The number of carbonyl (C=O) groups is 1. The second-order valence-electron chi connectivity index (χ2n) is 5.58. The third-order valence-corrected chi connectivity index (χ3v) is 4.23. The molecular weight excluding hydrogens is 280 g/mol. The van der Waals surface area contributed by atoms with E-state index in [1.807, 2.05) is 19.4 Å². The SMILES string of the molecule is CNC(=O)C1(c2cnccn2)CCCN1Cc1cnn(C)c1. The summed E-state index contributed by atoms with van der Waals surface area (Å²) < 4.78 is 1.77. The molecule has 1 atom stereocenters. The van der Waals surface area contributed by atoms with Gasteiger partial charge in [0, 0.05) is 44.8 Å². The Kier molecular flexibility index (Phi) is 3.89. The van der Waals surface area contributed by atoms with Crippen LogP contribution in [-0.2, 0) is 23.9 Å². The Hall–Kier alpha value is -2.28. The van der Waals surface area contributed by atoms with Gasteiger partial charge in [-0.2, -0.15) is 5.10 Å². The summed E-state index contributed by atoms with van der Waals surface area (Å²) in [4.78, 5) is 23.4. The fourth-order valence-corrected chi connectivity index (χ4v) is 3.25. The molecule has 3 rings (SSSR count). The second-order valence-corrected chi connectivity index (χ2v) is 5.58. The van der Waals surface area contributed by atoms with Gasteiger partial charge in [0.25, 0.3) is 0 Å². The molecule has 2 aromatic heterocycles. The zero-order chi connectivity index (χ0) is 15.6. The van der Waals surface area contributed by atoms with Crippen molar-refractivity contribution in [3.63, 3.8) is 0 Å². The maximum Gasteiger partial charge on any atom is 0.246 e. The Morgan fingerprint density at radius 3 is 2.91 bits per heavy atom. The number of hydrogen-bond acceptors (Lipinski definition) is 5. The Balaban J connectivity index is 1.98. The highest BCUT2D eigenvalue weighted by molar-refractivity contribution is 5.87. The molecule has 7 nitrogen and oxygen atoms in total. The van der Waals surface area contributed by atoms with Crippen LogP contribution in [0.1, 0.15) is 24.1 Å². The van der Waals surface area contributed by atoms with E-state index in [-0.39, 0.29) is 5.91 Å². The molecule has 0 spiro atoms. The van der Waals surface area contributed by atoms with Gasteiger partial charge in [-0.25, -0.2) is 0 Å². The Morgan fingerprint density at radius 2 is 2.27 bits per heavy atom. The van der Waals surface area contributed by atoms with Crippen molar-refractivity contribution in [3.8, 4) is 0 Å². The number of aryl methyl sites for hydroxylation is 1. The molecule has 3 heterocycles. The topological polar surface area (TPSA) is 75.9 Å². The summed E-state index contributed by atoms with van der Waals surface area (Å²) in [6, 6.07) is 0. The molecule has 1 fully saturated rings. The fraction of sp³-hybridized carbons (Fsp3) is 0.467. The molecule has 116 valence electrons. The quantitative estimate of drug-likeness (QED) is 0.887. The molecule has 7 heteroatoms. The minimum Gasteiger partial charge on any atom is -0.357 e. The summed E-state index contributed by atoms with van der Waals surface area (Å²) in [5, 5.41) is 7.00. The fourth-order valence-electron chi connectivity index (χ4n) is 3.25. The first-order chi connectivity index (χ1) is 10.7. The number of nitrogens with zero attached hydrogens (tertiary/aromatic N) is 5. The van der Waals surface area contributed by atoms with Crippen LogP contribution < -0.4 is 5.32 Å². The van der Waals surface area contributed by atoms with Gasteiger partial charge in [-0.1, -0.05) is 0 Å². The smallest absolute Gasteiger partial charge is 0.246 e. The van der Waals surface area contributed by atoms with Crippen molar-refractivity contribution in [2.45, 2.75) is 24.9 Å². The van der Waals surface area contributed by atoms with Crippen LogP contribution in [0.15, 0.2) is 31.0 Å². The molecule has 1 aliphatic rings. The van der Waals surface area contributed by atoms with Crippen LogP contribution >= 0.6 is 0 Å². The molecule has 2 aromatic rings. The van der Waals surface area contributed by atoms with Crippen molar-refractivity contribution < 1.29 is 4.79 Å². The molecule has 0 bridgehead atoms. The molecule has 1 saturated heterocycles. The van der Waals surface area contributed by atoms with Gasteiger partial charge in [0.15, 0.2) is 0 Å². The minimum absolute atomic E-state index is 0.0330. The maximum atomic E-state index is 12.7. The van der Waals surface area contributed by atoms with Crippen LogP contribution in [0.5, 0.6) is 0 Å². The Bertz CT molecular complexity index is 655. The summed E-state index contributed by atoms with van der Waals surface area (Å²) in [5.41, 5.74) is 1.04. The number of hydrogen-bond donors (Lipinski definition) is 1. The summed E-state index contributed by atoms with van der Waals surface area (Å²) in [6.07, 6.45) is 10.5. The average Bonchev–Trinajstić information content (AvgIpc) is 3.15. The second kappa shape index (κ2) is 5.84. The van der Waals surface area contributed by atoms with Crippen LogP contribution in [-0.4, -0.2) is 44.1 Å². The number of rotatable bonds is 4. The first-order valence-corrected chi connectivity index (χ1v) is 7.38. The summed E-state index contributed by atoms with van der Waals surface area (Å²) in [6.45, 7) is 1.51. The highest BCUT2D eigenvalue weighted by Gasteiger charge is 2.49. The zero-order valence-corrected chi connectivity index (χ0v) is 12.9. The molecule has 0 radical (unpaired) electrons. The van der Waals surface area contributed by atoms with Gasteiger partial charge < -0.3 is 5.32 Å². The number of nitrogens with one attached hydrogen (secondary N) is 1. The third-order valence-electron chi connectivity index (χ3n) is 4.23. The van der Waals surface area contributed by atoms with Crippen molar-refractivity contribution in [2.24, 2.45) is 7.05 Å². The average molecular weight is 300 g/mol. The zero-order valence-electron chi connectivity index (χ0n) is 12.9. The molecule has 0 aliphatic carbocycles. The maximum absolute atomic E-state index is 12.7. The van der Waals surface area contributed by atoms with Gasteiger partial charge in [0.1, 0.15) is 5.54 Å². The molecular formula is C15H20N6O. The number of aromatic nitrogens is 4. The van der Waals surface area contributed by atoms with Gasteiger partial charge in [-0.15, -0.1) is 0 Å². The molecule has 0 saturated carbocycles.